The van der Waals surface area contributed by atoms with E-state index in [0.29, 0.717) is 12.3 Å². The monoisotopic (exact) mass is 277 g/mol. The SMILES string of the molecule is CC1CCC2(CC1)COC2C(=O)Nc1ccc(F)cc1. The lowest BCUT2D eigenvalue weighted by atomic mass is 9.65. The second-order valence-corrected chi connectivity index (χ2v) is 6.23. The Kier molecular flexibility index (Phi) is 3.50. The Hall–Kier alpha value is -1.42. The Morgan fingerprint density at radius 2 is 1.95 bits per heavy atom. The highest BCUT2D eigenvalue weighted by molar-refractivity contribution is 5.95. The fraction of sp³-hybridized carbons (Fsp3) is 0.562. The van der Waals surface area contributed by atoms with Crippen LogP contribution in [0.15, 0.2) is 24.3 Å². The Morgan fingerprint density at radius 3 is 2.50 bits per heavy atom. The molecule has 1 aliphatic carbocycles. The molecule has 1 heterocycles. The number of hydrogen-bond donors (Lipinski definition) is 1. The smallest absolute Gasteiger partial charge is 0.254 e. The van der Waals surface area contributed by atoms with Crippen LogP contribution in [0.1, 0.15) is 32.6 Å². The molecular formula is C16H20FNO2. The highest BCUT2D eigenvalue weighted by atomic mass is 19.1. The summed E-state index contributed by atoms with van der Waals surface area (Å²) in [5, 5.41) is 2.82. The molecule has 2 fully saturated rings. The quantitative estimate of drug-likeness (QED) is 0.900. The number of anilines is 1. The van der Waals surface area contributed by atoms with Crippen LogP contribution in [0.5, 0.6) is 0 Å². The lowest BCUT2D eigenvalue weighted by molar-refractivity contribution is -0.203. The Bertz CT molecular complexity index is 492. The van der Waals surface area contributed by atoms with Gasteiger partial charge in [-0.3, -0.25) is 4.79 Å². The first kappa shape index (κ1) is 13.6. The molecular weight excluding hydrogens is 257 g/mol. The highest BCUT2D eigenvalue weighted by Gasteiger charge is 2.53. The van der Waals surface area contributed by atoms with Crippen LogP contribution in [0.2, 0.25) is 0 Å². The van der Waals surface area contributed by atoms with Gasteiger partial charge in [-0.2, -0.15) is 0 Å². The molecule has 20 heavy (non-hydrogen) atoms. The second kappa shape index (κ2) is 5.17. The van der Waals surface area contributed by atoms with Gasteiger partial charge in [-0.1, -0.05) is 6.92 Å². The number of benzene rings is 1. The van der Waals surface area contributed by atoms with Gasteiger partial charge in [-0.15, -0.1) is 0 Å². The minimum absolute atomic E-state index is 0.0383. The van der Waals surface area contributed by atoms with Crippen molar-refractivity contribution >= 4 is 11.6 Å². The fourth-order valence-electron chi connectivity index (χ4n) is 3.24. The summed E-state index contributed by atoms with van der Waals surface area (Å²) < 4.78 is 18.4. The van der Waals surface area contributed by atoms with E-state index in [1.807, 2.05) is 0 Å². The fourth-order valence-corrected chi connectivity index (χ4v) is 3.24. The van der Waals surface area contributed by atoms with Crippen molar-refractivity contribution in [3.8, 4) is 0 Å². The molecule has 0 bridgehead atoms. The number of halogens is 1. The number of carbonyl (C=O) groups excluding carboxylic acids is 1. The zero-order valence-electron chi connectivity index (χ0n) is 11.7. The molecule has 1 aromatic carbocycles. The molecule has 1 atom stereocenters. The molecule has 1 unspecified atom stereocenters. The van der Waals surface area contributed by atoms with Crippen molar-refractivity contribution in [1.82, 2.24) is 0 Å². The minimum atomic E-state index is -0.347. The van der Waals surface area contributed by atoms with Gasteiger partial charge >= 0.3 is 0 Å². The van der Waals surface area contributed by atoms with Crippen molar-refractivity contribution in [2.24, 2.45) is 11.3 Å². The van der Waals surface area contributed by atoms with E-state index in [9.17, 15) is 9.18 Å². The third-order valence-electron chi connectivity index (χ3n) is 4.71. The molecule has 3 nitrogen and oxygen atoms in total. The van der Waals surface area contributed by atoms with Crippen LogP contribution in [0, 0.1) is 17.2 Å². The molecule has 4 heteroatoms. The third kappa shape index (κ3) is 2.44. The van der Waals surface area contributed by atoms with Crippen molar-refractivity contribution in [3.63, 3.8) is 0 Å². The Balaban J connectivity index is 1.64. The van der Waals surface area contributed by atoms with E-state index in [1.54, 1.807) is 12.1 Å². The van der Waals surface area contributed by atoms with Gasteiger partial charge < -0.3 is 10.1 Å². The van der Waals surface area contributed by atoms with Crippen LogP contribution in [-0.4, -0.2) is 18.6 Å². The summed E-state index contributed by atoms with van der Waals surface area (Å²) in [6.45, 7) is 2.96. The van der Waals surface area contributed by atoms with Crippen LogP contribution in [0.3, 0.4) is 0 Å². The normalized spacial score (nSPS) is 32.7. The van der Waals surface area contributed by atoms with E-state index in [4.69, 9.17) is 4.74 Å². The van der Waals surface area contributed by atoms with Gasteiger partial charge in [0.15, 0.2) is 0 Å². The number of ether oxygens (including phenoxy) is 1. The van der Waals surface area contributed by atoms with Crippen LogP contribution < -0.4 is 5.32 Å². The van der Waals surface area contributed by atoms with Gasteiger partial charge in [0.1, 0.15) is 11.9 Å². The van der Waals surface area contributed by atoms with Crippen molar-refractivity contribution in [1.29, 1.82) is 0 Å². The first-order valence-corrected chi connectivity index (χ1v) is 7.27. The molecule has 2 aliphatic rings. The Labute approximate surface area is 118 Å². The average molecular weight is 277 g/mol. The summed E-state index contributed by atoms with van der Waals surface area (Å²) in [5.41, 5.74) is 0.655. The summed E-state index contributed by atoms with van der Waals surface area (Å²) in [4.78, 5) is 12.3. The summed E-state index contributed by atoms with van der Waals surface area (Å²) in [5.74, 6) is 0.347. The summed E-state index contributed by atoms with van der Waals surface area (Å²) >= 11 is 0. The largest absolute Gasteiger partial charge is 0.367 e. The van der Waals surface area contributed by atoms with E-state index in [0.717, 1.165) is 18.8 Å². The first-order valence-electron chi connectivity index (χ1n) is 7.27. The molecule has 0 aromatic heterocycles. The van der Waals surface area contributed by atoms with Crippen LogP contribution in [0.25, 0.3) is 0 Å². The van der Waals surface area contributed by atoms with Gasteiger partial charge in [-0.05, 0) is 55.9 Å². The van der Waals surface area contributed by atoms with Gasteiger partial charge in [-0.25, -0.2) is 4.39 Å². The van der Waals surface area contributed by atoms with Gasteiger partial charge in [0.2, 0.25) is 0 Å². The molecule has 108 valence electrons. The molecule has 1 aliphatic heterocycles. The molecule has 0 radical (unpaired) electrons. The van der Waals surface area contributed by atoms with Crippen molar-refractivity contribution in [3.05, 3.63) is 30.1 Å². The minimum Gasteiger partial charge on any atom is -0.367 e. The number of rotatable bonds is 2. The van der Waals surface area contributed by atoms with Gasteiger partial charge in [0.25, 0.3) is 5.91 Å². The Morgan fingerprint density at radius 1 is 1.30 bits per heavy atom. The topological polar surface area (TPSA) is 38.3 Å². The number of amides is 1. The summed E-state index contributed by atoms with van der Waals surface area (Å²) in [6.07, 6.45) is 4.12. The summed E-state index contributed by atoms with van der Waals surface area (Å²) in [7, 11) is 0. The lowest BCUT2D eigenvalue weighted by Crippen LogP contribution is -2.58. The van der Waals surface area contributed by atoms with Crippen LogP contribution in [0.4, 0.5) is 10.1 Å². The second-order valence-electron chi connectivity index (χ2n) is 6.23. The lowest BCUT2D eigenvalue weighted by Gasteiger charge is -2.51. The maximum absolute atomic E-state index is 12.8. The van der Waals surface area contributed by atoms with Gasteiger partial charge in [0, 0.05) is 11.1 Å². The molecule has 1 N–H and O–H groups in total. The standard InChI is InChI=1S/C16H20FNO2/c1-11-6-8-16(9-7-11)10-20-14(16)15(19)18-13-4-2-12(17)3-5-13/h2-5,11,14H,6-10H2,1H3,(H,18,19). The maximum Gasteiger partial charge on any atom is 0.254 e. The van der Waals surface area contributed by atoms with E-state index in [-0.39, 0.29) is 23.2 Å². The number of carbonyl (C=O) groups is 1. The summed E-state index contributed by atoms with van der Waals surface area (Å²) in [6, 6.07) is 5.83. The zero-order chi connectivity index (χ0) is 14.2. The van der Waals surface area contributed by atoms with Gasteiger partial charge in [0.05, 0.1) is 6.61 Å². The number of hydrogen-bond acceptors (Lipinski definition) is 2. The van der Waals surface area contributed by atoms with Crippen molar-refractivity contribution < 1.29 is 13.9 Å². The number of nitrogens with one attached hydrogen (secondary N) is 1. The van der Waals surface area contributed by atoms with E-state index in [2.05, 4.69) is 12.2 Å². The third-order valence-corrected chi connectivity index (χ3v) is 4.71. The van der Waals surface area contributed by atoms with E-state index >= 15 is 0 Å². The zero-order valence-corrected chi connectivity index (χ0v) is 11.7. The molecule has 1 amide bonds. The maximum atomic E-state index is 12.8. The molecule has 3 rings (SSSR count). The average Bonchev–Trinajstić information content (AvgIpc) is 2.41. The molecule has 1 saturated carbocycles. The molecule has 1 saturated heterocycles. The van der Waals surface area contributed by atoms with Crippen molar-refractivity contribution in [2.75, 3.05) is 11.9 Å². The van der Waals surface area contributed by atoms with Crippen molar-refractivity contribution in [2.45, 2.75) is 38.7 Å². The first-order chi connectivity index (χ1) is 9.59. The predicted molar refractivity (Wildman–Crippen MR) is 74.8 cm³/mol. The van der Waals surface area contributed by atoms with E-state index < -0.39 is 0 Å². The van der Waals surface area contributed by atoms with Crippen LogP contribution >= 0.6 is 0 Å². The van der Waals surface area contributed by atoms with Crippen LogP contribution in [-0.2, 0) is 9.53 Å². The molecule has 1 spiro atoms. The predicted octanol–water partition coefficient (Wildman–Crippen LogP) is 3.36. The highest BCUT2D eigenvalue weighted by Crippen LogP contribution is 2.48. The molecule has 1 aromatic rings. The van der Waals surface area contributed by atoms with E-state index in [1.165, 1.54) is 25.0 Å².